The number of benzene rings is 2. The lowest BCUT2D eigenvalue weighted by atomic mass is 10.0. The summed E-state index contributed by atoms with van der Waals surface area (Å²) < 4.78 is 21.4. The Morgan fingerprint density at radius 1 is 1.09 bits per heavy atom. The highest BCUT2D eigenvalue weighted by molar-refractivity contribution is 6.30. The zero-order valence-corrected chi connectivity index (χ0v) is 24.6. The van der Waals surface area contributed by atoms with Crippen LogP contribution >= 0.6 is 11.6 Å². The number of nitrogens with two attached hydrogens (primary N) is 1. The van der Waals surface area contributed by atoms with Crippen molar-refractivity contribution in [3.8, 4) is 11.1 Å². The van der Waals surface area contributed by atoms with Crippen LogP contribution in [-0.4, -0.2) is 62.4 Å². The molecule has 1 fully saturated rings. The van der Waals surface area contributed by atoms with E-state index in [1.54, 1.807) is 12.4 Å². The number of piperidine rings is 1. The van der Waals surface area contributed by atoms with Gasteiger partial charge in [-0.2, -0.15) is 0 Å². The van der Waals surface area contributed by atoms with Gasteiger partial charge in [-0.1, -0.05) is 35.9 Å². The number of aliphatic hydroxyl groups excluding tert-OH is 1. The van der Waals surface area contributed by atoms with Gasteiger partial charge in [0.15, 0.2) is 0 Å². The molecule has 4 N–H and O–H groups in total. The molecule has 0 spiro atoms. The molecular weight excluding hydrogens is 567 g/mol. The fourth-order valence-electron chi connectivity index (χ4n) is 5.66. The van der Waals surface area contributed by atoms with E-state index in [0.717, 1.165) is 53.5 Å². The first-order valence-electron chi connectivity index (χ1n) is 14.7. The average molecular weight is 603 g/mol. The third-order valence-electron chi connectivity index (χ3n) is 7.99. The number of nitrogens with zero attached hydrogens (tertiary/aromatic N) is 4. The van der Waals surface area contributed by atoms with E-state index in [2.05, 4.69) is 44.6 Å². The average Bonchev–Trinajstić information content (AvgIpc) is 3.46. The summed E-state index contributed by atoms with van der Waals surface area (Å²) in [7, 11) is 0. The molecule has 1 aliphatic carbocycles. The first-order chi connectivity index (χ1) is 20.9. The van der Waals surface area contributed by atoms with E-state index in [1.807, 2.05) is 35.0 Å². The second-order valence-electron chi connectivity index (χ2n) is 11.3. The van der Waals surface area contributed by atoms with Crippen molar-refractivity contribution in [1.29, 1.82) is 0 Å². The van der Waals surface area contributed by atoms with Crippen LogP contribution in [0.15, 0.2) is 90.2 Å². The fourth-order valence-corrected chi connectivity index (χ4v) is 5.94. The monoisotopic (exact) mass is 602 g/mol. The highest BCUT2D eigenvalue weighted by Crippen LogP contribution is 2.30. The molecule has 224 valence electrons. The van der Waals surface area contributed by atoms with Crippen molar-refractivity contribution in [2.75, 3.05) is 25.0 Å². The lowest BCUT2D eigenvalue weighted by Gasteiger charge is -2.31. The summed E-state index contributed by atoms with van der Waals surface area (Å²) in [5.41, 5.74) is 9.67. The first-order valence-corrected chi connectivity index (χ1v) is 15.0. The number of likely N-dealkylation sites (tertiary alicyclic amines) is 1. The predicted molar refractivity (Wildman–Crippen MR) is 168 cm³/mol. The molecule has 0 radical (unpaired) electrons. The summed E-state index contributed by atoms with van der Waals surface area (Å²) in [6.07, 6.45) is 11.5. The number of allylic oxidation sites excluding steroid dienone is 1. The van der Waals surface area contributed by atoms with Crippen LogP contribution in [0.5, 0.6) is 0 Å². The normalized spacial score (nSPS) is 18.7. The van der Waals surface area contributed by atoms with Crippen molar-refractivity contribution in [1.82, 2.24) is 19.4 Å². The number of aliphatic hydroxyl groups is 1. The second kappa shape index (κ2) is 13.3. The Morgan fingerprint density at radius 2 is 1.95 bits per heavy atom. The second-order valence-corrected chi connectivity index (χ2v) is 11.8. The number of hydrogen-bond acceptors (Lipinski definition) is 7. The van der Waals surface area contributed by atoms with Gasteiger partial charge in [0.05, 0.1) is 22.7 Å². The van der Waals surface area contributed by atoms with Gasteiger partial charge in [-0.15, -0.1) is 0 Å². The number of nitrogens with one attached hydrogen (secondary N) is 1. The molecule has 0 saturated carbocycles. The minimum absolute atomic E-state index is 0.0889. The number of halogens is 2. The smallest absolute Gasteiger partial charge is 0.137 e. The minimum Gasteiger partial charge on any atom is -0.488 e. The highest BCUT2D eigenvalue weighted by Gasteiger charge is 2.20. The molecule has 2 aromatic heterocycles. The number of anilines is 1. The SMILES string of the molecule is NC1CCN(CC(O)Cn2ccc(-c3ccc4ncnc(NC5C=CC(OCc6cccc(F)c6)=C(Cl)C5)c4c3)c2)CC1. The summed E-state index contributed by atoms with van der Waals surface area (Å²) in [6.45, 7) is 3.30. The van der Waals surface area contributed by atoms with E-state index in [0.29, 0.717) is 36.1 Å². The molecular formula is C33H36ClFN6O2. The van der Waals surface area contributed by atoms with Crippen LogP contribution in [-0.2, 0) is 17.9 Å². The summed E-state index contributed by atoms with van der Waals surface area (Å²) in [5.74, 6) is 0.996. The molecule has 2 aliphatic rings. The fraction of sp³-hybridized carbons (Fsp3) is 0.333. The molecule has 1 saturated heterocycles. The quantitative estimate of drug-likeness (QED) is 0.222. The van der Waals surface area contributed by atoms with Crippen molar-refractivity contribution in [2.24, 2.45) is 5.73 Å². The van der Waals surface area contributed by atoms with Crippen LogP contribution in [0.4, 0.5) is 10.2 Å². The van der Waals surface area contributed by atoms with Crippen LogP contribution in [0.25, 0.3) is 22.0 Å². The number of ether oxygens (including phenoxy) is 1. The Bertz CT molecular complexity index is 1630. The maximum absolute atomic E-state index is 13.5. The highest BCUT2D eigenvalue weighted by atomic mass is 35.5. The van der Waals surface area contributed by atoms with Crippen molar-refractivity contribution in [3.63, 3.8) is 0 Å². The topological polar surface area (TPSA) is 101 Å². The van der Waals surface area contributed by atoms with Gasteiger partial charge in [0.1, 0.15) is 30.3 Å². The molecule has 6 rings (SSSR count). The molecule has 0 amide bonds. The van der Waals surface area contributed by atoms with Crippen molar-refractivity contribution >= 4 is 28.3 Å². The summed E-state index contributed by atoms with van der Waals surface area (Å²) in [6, 6.07) is 14.7. The predicted octanol–water partition coefficient (Wildman–Crippen LogP) is 5.43. The van der Waals surface area contributed by atoms with Gasteiger partial charge >= 0.3 is 0 Å². The number of aromatic nitrogens is 3. The molecule has 2 unspecified atom stereocenters. The third kappa shape index (κ3) is 7.43. The molecule has 2 atom stereocenters. The largest absolute Gasteiger partial charge is 0.488 e. The molecule has 8 nitrogen and oxygen atoms in total. The van der Waals surface area contributed by atoms with Crippen LogP contribution in [0.3, 0.4) is 0 Å². The number of β-amino-alcohol motifs (C(OH)–C–C–N with tert-alkyl or cyclic N) is 1. The van der Waals surface area contributed by atoms with Gasteiger partial charge in [0.2, 0.25) is 0 Å². The maximum atomic E-state index is 13.5. The molecule has 43 heavy (non-hydrogen) atoms. The van der Waals surface area contributed by atoms with Crippen LogP contribution < -0.4 is 11.1 Å². The molecule has 4 aromatic rings. The molecule has 3 heterocycles. The van der Waals surface area contributed by atoms with Crippen molar-refractivity contribution in [3.05, 3.63) is 102 Å². The minimum atomic E-state index is -0.452. The lowest BCUT2D eigenvalue weighted by Crippen LogP contribution is -2.43. The van der Waals surface area contributed by atoms with Gasteiger partial charge in [-0.3, -0.25) is 0 Å². The van der Waals surface area contributed by atoms with E-state index in [4.69, 9.17) is 22.1 Å². The first kappa shape index (κ1) is 29.3. The van der Waals surface area contributed by atoms with E-state index in [-0.39, 0.29) is 24.5 Å². The zero-order chi connectivity index (χ0) is 29.8. The Morgan fingerprint density at radius 3 is 2.77 bits per heavy atom. The zero-order valence-electron chi connectivity index (χ0n) is 23.9. The molecule has 1 aliphatic heterocycles. The van der Waals surface area contributed by atoms with E-state index in [1.165, 1.54) is 12.1 Å². The van der Waals surface area contributed by atoms with E-state index >= 15 is 0 Å². The Labute approximate surface area is 255 Å². The number of rotatable bonds is 10. The Hall–Kier alpha value is -3.76. The van der Waals surface area contributed by atoms with Gasteiger partial charge in [0.25, 0.3) is 0 Å². The lowest BCUT2D eigenvalue weighted by molar-refractivity contribution is 0.0853. The number of fused-ring (bicyclic) bond motifs is 1. The Kier molecular flexibility index (Phi) is 9.04. The van der Waals surface area contributed by atoms with Crippen molar-refractivity contribution < 1.29 is 14.2 Å². The molecule has 0 bridgehead atoms. The van der Waals surface area contributed by atoms with E-state index in [9.17, 15) is 9.50 Å². The standard InChI is InChI=1S/C33H36ClFN6O2/c34-30-16-27(5-7-32(30)43-20-22-2-1-3-25(35)14-22)39-33-29-15-23(4-6-31(29)37-21-38-33)24-8-11-41(17-24)19-28(42)18-40-12-9-26(36)10-13-40/h1-8,11,14-15,17,21,26-28,42H,9-10,12-13,16,18-20,36H2,(H,37,38,39). The van der Waals surface area contributed by atoms with Gasteiger partial charge in [-0.25, -0.2) is 14.4 Å². The van der Waals surface area contributed by atoms with Gasteiger partial charge in [-0.05, 0) is 79.0 Å². The van der Waals surface area contributed by atoms with E-state index < -0.39 is 6.10 Å². The van der Waals surface area contributed by atoms with Crippen LogP contribution in [0, 0.1) is 5.82 Å². The van der Waals surface area contributed by atoms with Crippen molar-refractivity contribution in [2.45, 2.75) is 50.6 Å². The Balaban J connectivity index is 1.10. The van der Waals surface area contributed by atoms with Crippen LogP contribution in [0.2, 0.25) is 0 Å². The van der Waals surface area contributed by atoms with Gasteiger partial charge < -0.3 is 30.4 Å². The number of hydrogen-bond donors (Lipinski definition) is 3. The summed E-state index contributed by atoms with van der Waals surface area (Å²) >= 11 is 6.59. The molecule has 10 heteroatoms. The van der Waals surface area contributed by atoms with Gasteiger partial charge in [0, 0.05) is 43.3 Å². The maximum Gasteiger partial charge on any atom is 0.137 e. The third-order valence-corrected chi connectivity index (χ3v) is 8.33. The van der Waals surface area contributed by atoms with Crippen LogP contribution in [0.1, 0.15) is 24.8 Å². The summed E-state index contributed by atoms with van der Waals surface area (Å²) in [5, 5.41) is 15.7. The summed E-state index contributed by atoms with van der Waals surface area (Å²) in [4.78, 5) is 11.3. The molecule has 2 aromatic carbocycles.